The van der Waals surface area contributed by atoms with Crippen molar-refractivity contribution in [3.63, 3.8) is 0 Å². The van der Waals surface area contributed by atoms with Gasteiger partial charge in [-0.25, -0.2) is 32.2 Å². The van der Waals surface area contributed by atoms with Crippen molar-refractivity contribution in [3.8, 4) is 5.82 Å². The van der Waals surface area contributed by atoms with Crippen molar-refractivity contribution in [1.29, 1.82) is 0 Å². The number of sulfonamides is 1. The van der Waals surface area contributed by atoms with E-state index in [1.54, 1.807) is 36.3 Å². The van der Waals surface area contributed by atoms with Crippen LogP contribution >= 0.6 is 0 Å². The molecule has 0 aliphatic carbocycles. The smallest absolute Gasteiger partial charge is 0.246 e. The molecule has 0 atom stereocenters. The van der Waals surface area contributed by atoms with Crippen molar-refractivity contribution < 1.29 is 17.2 Å². The number of imidazole rings is 1. The Hall–Kier alpha value is -2.92. The van der Waals surface area contributed by atoms with Crippen LogP contribution in [0.3, 0.4) is 0 Å². The molecule has 2 aromatic heterocycles. The zero-order valence-electron chi connectivity index (χ0n) is 15.5. The first kappa shape index (κ1) is 19.4. The maximum absolute atomic E-state index is 14.0. The van der Waals surface area contributed by atoms with Crippen LogP contribution in [0.15, 0.2) is 47.9 Å². The van der Waals surface area contributed by atoms with Crippen LogP contribution in [0.1, 0.15) is 5.82 Å². The first-order valence-electron chi connectivity index (χ1n) is 8.89. The van der Waals surface area contributed by atoms with E-state index in [0.29, 0.717) is 36.6 Å². The van der Waals surface area contributed by atoms with Crippen LogP contribution in [0.2, 0.25) is 0 Å². The van der Waals surface area contributed by atoms with Crippen molar-refractivity contribution in [2.24, 2.45) is 0 Å². The van der Waals surface area contributed by atoms with Crippen molar-refractivity contribution in [3.05, 3.63) is 60.4 Å². The van der Waals surface area contributed by atoms with Gasteiger partial charge in [0.2, 0.25) is 10.0 Å². The van der Waals surface area contributed by atoms with E-state index in [9.17, 15) is 17.2 Å². The summed E-state index contributed by atoms with van der Waals surface area (Å²) >= 11 is 0. The summed E-state index contributed by atoms with van der Waals surface area (Å²) in [6.45, 7) is 2.84. The molecule has 1 saturated heterocycles. The van der Waals surface area contributed by atoms with E-state index in [-0.39, 0.29) is 13.1 Å². The van der Waals surface area contributed by atoms with Crippen LogP contribution in [0.25, 0.3) is 5.82 Å². The Morgan fingerprint density at radius 3 is 2.38 bits per heavy atom. The Balaban J connectivity index is 1.53. The molecule has 1 aliphatic heterocycles. The molecule has 1 fully saturated rings. The lowest BCUT2D eigenvalue weighted by molar-refractivity contribution is 0.381. The summed E-state index contributed by atoms with van der Waals surface area (Å²) in [4.78, 5) is 14.3. The molecule has 1 aliphatic rings. The zero-order chi connectivity index (χ0) is 20.6. The molecule has 1 aromatic carbocycles. The molecule has 3 heterocycles. The van der Waals surface area contributed by atoms with Gasteiger partial charge in [-0.05, 0) is 19.1 Å². The monoisotopic (exact) mass is 420 g/mol. The number of benzene rings is 1. The third kappa shape index (κ3) is 3.83. The Labute approximate surface area is 166 Å². The van der Waals surface area contributed by atoms with Gasteiger partial charge in [-0.3, -0.25) is 4.57 Å². The van der Waals surface area contributed by atoms with Gasteiger partial charge in [-0.15, -0.1) is 0 Å². The molecule has 8 nitrogen and oxygen atoms in total. The molecular weight excluding hydrogens is 402 g/mol. The molecule has 0 bridgehead atoms. The topological polar surface area (TPSA) is 84.2 Å². The van der Waals surface area contributed by atoms with Crippen LogP contribution in [0, 0.1) is 18.6 Å². The van der Waals surface area contributed by atoms with E-state index in [0.717, 1.165) is 12.1 Å². The average Bonchev–Trinajstić information content (AvgIpc) is 3.22. The fraction of sp³-hybridized carbons (Fsp3) is 0.278. The number of halogens is 2. The zero-order valence-corrected chi connectivity index (χ0v) is 16.4. The Morgan fingerprint density at radius 1 is 1.00 bits per heavy atom. The summed E-state index contributed by atoms with van der Waals surface area (Å²) in [7, 11) is -4.05. The third-order valence-corrected chi connectivity index (χ3v) is 6.59. The third-order valence-electron chi connectivity index (χ3n) is 4.65. The molecule has 0 unspecified atom stereocenters. The van der Waals surface area contributed by atoms with Crippen molar-refractivity contribution in [2.75, 3.05) is 31.1 Å². The summed E-state index contributed by atoms with van der Waals surface area (Å²) < 4.78 is 55.5. The number of aryl methyl sites for hydroxylation is 1. The molecule has 0 amide bonds. The number of nitrogens with zero attached hydrogens (tertiary/aromatic N) is 6. The predicted octanol–water partition coefficient (Wildman–Crippen LogP) is 1.76. The van der Waals surface area contributed by atoms with Crippen LogP contribution < -0.4 is 4.90 Å². The standard InChI is InChI=1S/C18H18F2N6O2S/c1-13-22-17(11-18(23-13)25-5-4-21-12-25)24-6-8-26(9-7-24)29(27,28)16-3-2-14(19)10-15(16)20/h2-5,10-12H,6-9H2,1H3. The summed E-state index contributed by atoms with van der Waals surface area (Å²) in [6.07, 6.45) is 5.05. The molecule has 0 N–H and O–H groups in total. The van der Waals surface area contributed by atoms with Gasteiger partial charge in [0.05, 0.1) is 0 Å². The van der Waals surface area contributed by atoms with Gasteiger partial charge < -0.3 is 4.90 Å². The largest absolute Gasteiger partial charge is 0.354 e. The first-order chi connectivity index (χ1) is 13.8. The molecule has 0 saturated carbocycles. The highest BCUT2D eigenvalue weighted by Gasteiger charge is 2.31. The van der Waals surface area contributed by atoms with Crippen LogP contribution in [0.4, 0.5) is 14.6 Å². The van der Waals surface area contributed by atoms with Crippen molar-refractivity contribution >= 4 is 15.8 Å². The highest BCUT2D eigenvalue weighted by molar-refractivity contribution is 7.89. The average molecular weight is 420 g/mol. The quantitative estimate of drug-likeness (QED) is 0.640. The van der Waals surface area contributed by atoms with E-state index in [4.69, 9.17) is 0 Å². The fourth-order valence-corrected chi connectivity index (χ4v) is 4.67. The van der Waals surface area contributed by atoms with Gasteiger partial charge >= 0.3 is 0 Å². The van der Waals surface area contributed by atoms with Crippen LogP contribution in [-0.2, 0) is 10.0 Å². The normalized spacial score (nSPS) is 15.6. The number of anilines is 1. The summed E-state index contributed by atoms with van der Waals surface area (Å²) in [5.41, 5.74) is 0. The number of piperazine rings is 1. The fourth-order valence-electron chi connectivity index (χ4n) is 3.21. The lowest BCUT2D eigenvalue weighted by Crippen LogP contribution is -2.49. The Morgan fingerprint density at radius 2 is 1.72 bits per heavy atom. The minimum atomic E-state index is -4.05. The lowest BCUT2D eigenvalue weighted by atomic mass is 10.3. The summed E-state index contributed by atoms with van der Waals surface area (Å²) in [6, 6.07) is 4.27. The molecule has 29 heavy (non-hydrogen) atoms. The van der Waals surface area contributed by atoms with E-state index >= 15 is 0 Å². The number of hydrogen-bond donors (Lipinski definition) is 0. The molecule has 0 radical (unpaired) electrons. The maximum atomic E-state index is 14.0. The number of hydrogen-bond acceptors (Lipinski definition) is 6. The van der Waals surface area contributed by atoms with Crippen molar-refractivity contribution in [2.45, 2.75) is 11.8 Å². The highest BCUT2D eigenvalue weighted by atomic mass is 32.2. The van der Waals surface area contributed by atoms with Gasteiger partial charge in [-0.2, -0.15) is 4.31 Å². The Bertz CT molecular complexity index is 1130. The second-order valence-corrected chi connectivity index (χ2v) is 8.47. The number of rotatable bonds is 4. The molecule has 152 valence electrons. The van der Waals surface area contributed by atoms with E-state index in [2.05, 4.69) is 15.0 Å². The summed E-state index contributed by atoms with van der Waals surface area (Å²) in [5.74, 6) is -0.00259. The molecular formula is C18H18F2N6O2S. The SMILES string of the molecule is Cc1nc(N2CCN(S(=O)(=O)c3ccc(F)cc3F)CC2)cc(-n2ccnc2)n1. The summed E-state index contributed by atoms with van der Waals surface area (Å²) in [5, 5.41) is 0. The van der Waals surface area contributed by atoms with Gasteiger partial charge in [0.15, 0.2) is 0 Å². The Kier molecular flexibility index (Phi) is 5.01. The van der Waals surface area contributed by atoms with Crippen molar-refractivity contribution in [1.82, 2.24) is 23.8 Å². The van der Waals surface area contributed by atoms with Gasteiger partial charge in [0.1, 0.15) is 40.3 Å². The minimum Gasteiger partial charge on any atom is -0.354 e. The van der Waals surface area contributed by atoms with E-state index < -0.39 is 26.6 Å². The first-order valence-corrected chi connectivity index (χ1v) is 10.3. The number of aromatic nitrogens is 4. The molecule has 11 heteroatoms. The second-order valence-electron chi connectivity index (χ2n) is 6.57. The van der Waals surface area contributed by atoms with Gasteiger partial charge in [0.25, 0.3) is 0 Å². The predicted molar refractivity (Wildman–Crippen MR) is 101 cm³/mol. The van der Waals surface area contributed by atoms with Crippen LogP contribution in [-0.4, -0.2) is 58.4 Å². The van der Waals surface area contributed by atoms with Crippen LogP contribution in [0.5, 0.6) is 0 Å². The lowest BCUT2D eigenvalue weighted by Gasteiger charge is -2.34. The van der Waals surface area contributed by atoms with E-state index in [1.165, 1.54) is 4.31 Å². The minimum absolute atomic E-state index is 0.155. The highest BCUT2D eigenvalue weighted by Crippen LogP contribution is 2.23. The van der Waals surface area contributed by atoms with Gasteiger partial charge in [0, 0.05) is 50.7 Å². The maximum Gasteiger partial charge on any atom is 0.246 e. The molecule has 3 aromatic rings. The van der Waals surface area contributed by atoms with E-state index in [1.807, 2.05) is 4.90 Å². The second kappa shape index (κ2) is 7.48. The van der Waals surface area contributed by atoms with Gasteiger partial charge in [-0.1, -0.05) is 0 Å². The molecule has 4 rings (SSSR count). The molecule has 0 spiro atoms.